The average Bonchev–Trinajstić information content (AvgIpc) is 3.31. The van der Waals surface area contributed by atoms with Gasteiger partial charge < -0.3 is 24.7 Å². The molecule has 0 spiro atoms. The molecule has 0 aliphatic rings. The number of nitrogens with one attached hydrogen (secondary N) is 2. The van der Waals surface area contributed by atoms with Crippen LogP contribution >= 0.6 is 0 Å². The largest absolute Gasteiger partial charge is 0.467 e. The fraction of sp³-hybridized carbons (Fsp3) is 0.222. The lowest BCUT2D eigenvalue weighted by Crippen LogP contribution is -2.37. The van der Waals surface area contributed by atoms with Gasteiger partial charge in [0.05, 0.1) is 19.4 Å². The molecule has 1 unspecified atom stereocenters. The van der Waals surface area contributed by atoms with E-state index in [0.29, 0.717) is 18.8 Å². The molecule has 1 aromatic carbocycles. The first kappa shape index (κ1) is 16.8. The van der Waals surface area contributed by atoms with Gasteiger partial charge in [0.2, 0.25) is 0 Å². The van der Waals surface area contributed by atoms with Crippen LogP contribution in [-0.4, -0.2) is 27.2 Å². The highest BCUT2D eigenvalue weighted by Crippen LogP contribution is 2.11. The fourth-order valence-electron chi connectivity index (χ4n) is 2.42. The number of benzene rings is 1. The summed E-state index contributed by atoms with van der Waals surface area (Å²) < 4.78 is 7.06. The summed E-state index contributed by atoms with van der Waals surface area (Å²) in [4.78, 5) is 16.2. The highest BCUT2D eigenvalue weighted by atomic mass is 16.4. The lowest BCUT2D eigenvalue weighted by Gasteiger charge is -2.12. The minimum Gasteiger partial charge on any atom is -0.467 e. The Labute approximate surface area is 145 Å². The second-order valence-corrected chi connectivity index (χ2v) is 5.55. The van der Waals surface area contributed by atoms with Crippen LogP contribution in [0.4, 0.5) is 4.79 Å². The Bertz CT molecular complexity index is 784. The smallest absolute Gasteiger partial charge is 0.315 e. The third-order valence-corrected chi connectivity index (χ3v) is 3.73. The monoisotopic (exact) mass is 340 g/mol. The number of rotatable bonds is 7. The van der Waals surface area contributed by atoms with Crippen molar-refractivity contribution in [2.75, 3.05) is 6.54 Å². The number of carbonyl (C=O) groups excluding carboxylic acids is 1. The van der Waals surface area contributed by atoms with Gasteiger partial charge in [-0.3, -0.25) is 0 Å². The number of amides is 2. The summed E-state index contributed by atoms with van der Waals surface area (Å²) in [6, 6.07) is 13.0. The van der Waals surface area contributed by atoms with Crippen molar-refractivity contribution in [2.24, 2.45) is 0 Å². The van der Waals surface area contributed by atoms with E-state index in [9.17, 15) is 9.90 Å². The zero-order valence-corrected chi connectivity index (χ0v) is 13.6. The second-order valence-electron chi connectivity index (χ2n) is 5.55. The van der Waals surface area contributed by atoms with Gasteiger partial charge in [-0.15, -0.1) is 0 Å². The van der Waals surface area contributed by atoms with E-state index in [2.05, 4.69) is 15.6 Å². The lowest BCUT2D eigenvalue weighted by atomic mass is 10.2. The van der Waals surface area contributed by atoms with E-state index in [0.717, 1.165) is 11.4 Å². The molecule has 2 heterocycles. The minimum absolute atomic E-state index is 0.0673. The molecule has 130 valence electrons. The molecule has 0 aliphatic carbocycles. The quantitative estimate of drug-likeness (QED) is 0.614. The second kappa shape index (κ2) is 8.16. The maximum atomic E-state index is 11.9. The molecule has 3 aromatic rings. The van der Waals surface area contributed by atoms with E-state index in [1.807, 2.05) is 41.1 Å². The standard InChI is InChI=1S/C18H20N4O3/c23-15(16-7-4-10-25-16)11-20-18(24)21-12-17-19-8-9-22(17)13-14-5-2-1-3-6-14/h1-10,15,23H,11-13H2,(H2,20,21,24). The number of hydrogen-bond donors (Lipinski definition) is 3. The molecule has 0 bridgehead atoms. The van der Waals surface area contributed by atoms with E-state index in [-0.39, 0.29) is 12.6 Å². The highest BCUT2D eigenvalue weighted by Gasteiger charge is 2.12. The van der Waals surface area contributed by atoms with Gasteiger partial charge in [-0.2, -0.15) is 0 Å². The minimum atomic E-state index is -0.874. The Kier molecular flexibility index (Phi) is 5.48. The Morgan fingerprint density at radius 2 is 2.04 bits per heavy atom. The Morgan fingerprint density at radius 3 is 2.80 bits per heavy atom. The predicted molar refractivity (Wildman–Crippen MR) is 91.7 cm³/mol. The van der Waals surface area contributed by atoms with Gasteiger partial charge in [0, 0.05) is 18.9 Å². The van der Waals surface area contributed by atoms with Crippen molar-refractivity contribution in [3.8, 4) is 0 Å². The van der Waals surface area contributed by atoms with Crippen LogP contribution in [0, 0.1) is 0 Å². The SMILES string of the molecule is O=C(NCc1nccn1Cc1ccccc1)NCC(O)c1ccco1. The summed E-state index contributed by atoms with van der Waals surface area (Å²) in [5.41, 5.74) is 1.16. The summed E-state index contributed by atoms with van der Waals surface area (Å²) in [6.45, 7) is 1.05. The van der Waals surface area contributed by atoms with Crippen LogP contribution in [0.5, 0.6) is 0 Å². The van der Waals surface area contributed by atoms with E-state index >= 15 is 0 Å². The number of aliphatic hydroxyl groups excluding tert-OH is 1. The van der Waals surface area contributed by atoms with Crippen molar-refractivity contribution in [2.45, 2.75) is 19.2 Å². The number of furan rings is 1. The first-order valence-corrected chi connectivity index (χ1v) is 7.99. The molecule has 7 heteroatoms. The van der Waals surface area contributed by atoms with E-state index in [1.54, 1.807) is 18.3 Å². The zero-order valence-electron chi connectivity index (χ0n) is 13.6. The number of carbonyl (C=O) groups is 1. The van der Waals surface area contributed by atoms with Gasteiger partial charge in [-0.1, -0.05) is 30.3 Å². The normalized spacial score (nSPS) is 11.9. The molecule has 3 rings (SSSR count). The summed E-state index contributed by atoms with van der Waals surface area (Å²) in [6.07, 6.45) is 4.19. The van der Waals surface area contributed by atoms with Crippen LogP contribution in [0.2, 0.25) is 0 Å². The Morgan fingerprint density at radius 1 is 1.20 bits per heavy atom. The van der Waals surface area contributed by atoms with Gasteiger partial charge >= 0.3 is 6.03 Å². The summed E-state index contributed by atoms with van der Waals surface area (Å²) in [5.74, 6) is 1.17. The maximum absolute atomic E-state index is 11.9. The van der Waals surface area contributed by atoms with Crippen molar-refractivity contribution in [3.63, 3.8) is 0 Å². The van der Waals surface area contributed by atoms with Crippen LogP contribution < -0.4 is 10.6 Å². The molecule has 2 aromatic heterocycles. The van der Waals surface area contributed by atoms with Gasteiger partial charge in [0.15, 0.2) is 0 Å². The lowest BCUT2D eigenvalue weighted by molar-refractivity contribution is 0.148. The van der Waals surface area contributed by atoms with Crippen molar-refractivity contribution in [1.29, 1.82) is 0 Å². The van der Waals surface area contributed by atoms with Gasteiger partial charge in [0.25, 0.3) is 0 Å². The van der Waals surface area contributed by atoms with Crippen molar-refractivity contribution < 1.29 is 14.3 Å². The van der Waals surface area contributed by atoms with Crippen molar-refractivity contribution >= 4 is 6.03 Å². The molecule has 2 amide bonds. The van der Waals surface area contributed by atoms with Crippen LogP contribution in [0.25, 0.3) is 0 Å². The maximum Gasteiger partial charge on any atom is 0.315 e. The summed E-state index contributed by atoms with van der Waals surface area (Å²) >= 11 is 0. The fourth-order valence-corrected chi connectivity index (χ4v) is 2.42. The van der Waals surface area contributed by atoms with Crippen molar-refractivity contribution in [3.05, 3.63) is 78.3 Å². The Balaban J connectivity index is 1.47. The molecule has 0 saturated heterocycles. The molecule has 7 nitrogen and oxygen atoms in total. The molecule has 0 aliphatic heterocycles. The number of imidazole rings is 1. The summed E-state index contributed by atoms with van der Waals surface area (Å²) in [5, 5.41) is 15.2. The number of aromatic nitrogens is 2. The third-order valence-electron chi connectivity index (χ3n) is 3.73. The van der Waals surface area contributed by atoms with Crippen LogP contribution in [0.1, 0.15) is 23.3 Å². The van der Waals surface area contributed by atoms with Gasteiger partial charge in [0.1, 0.15) is 17.7 Å². The van der Waals surface area contributed by atoms with E-state index < -0.39 is 6.10 Å². The first-order chi connectivity index (χ1) is 12.2. The molecule has 25 heavy (non-hydrogen) atoms. The topological polar surface area (TPSA) is 92.3 Å². The van der Waals surface area contributed by atoms with Crippen LogP contribution in [0.3, 0.4) is 0 Å². The van der Waals surface area contributed by atoms with Crippen LogP contribution in [-0.2, 0) is 13.1 Å². The molecule has 0 radical (unpaired) electrons. The van der Waals surface area contributed by atoms with Crippen LogP contribution in [0.15, 0.2) is 65.5 Å². The predicted octanol–water partition coefficient (Wildman–Crippen LogP) is 2.06. The number of urea groups is 1. The van der Waals surface area contributed by atoms with Gasteiger partial charge in [-0.25, -0.2) is 9.78 Å². The zero-order chi connectivity index (χ0) is 17.5. The summed E-state index contributed by atoms with van der Waals surface area (Å²) in [7, 11) is 0. The molecule has 0 saturated carbocycles. The third kappa shape index (κ3) is 4.71. The molecule has 0 fully saturated rings. The number of aliphatic hydroxyl groups is 1. The molecule has 1 atom stereocenters. The molecular weight excluding hydrogens is 320 g/mol. The van der Waals surface area contributed by atoms with E-state index in [1.165, 1.54) is 6.26 Å². The van der Waals surface area contributed by atoms with Gasteiger partial charge in [-0.05, 0) is 17.7 Å². The number of hydrogen-bond acceptors (Lipinski definition) is 4. The molecular formula is C18H20N4O3. The highest BCUT2D eigenvalue weighted by molar-refractivity contribution is 5.73. The number of nitrogens with zero attached hydrogens (tertiary/aromatic N) is 2. The Hall–Kier alpha value is -3.06. The van der Waals surface area contributed by atoms with E-state index in [4.69, 9.17) is 4.42 Å². The molecule has 3 N–H and O–H groups in total. The average molecular weight is 340 g/mol. The van der Waals surface area contributed by atoms with Crippen molar-refractivity contribution in [1.82, 2.24) is 20.2 Å². The first-order valence-electron chi connectivity index (χ1n) is 7.99.